The van der Waals surface area contributed by atoms with Crippen molar-refractivity contribution in [2.45, 2.75) is 25.6 Å². The normalized spacial score (nSPS) is 15.7. The SMILES string of the molecule is CCC(OC)C(O)c1ccn(C)n1. The number of nitrogens with zero attached hydrogens (tertiary/aromatic N) is 2. The molecule has 0 aromatic carbocycles. The summed E-state index contributed by atoms with van der Waals surface area (Å²) in [6.45, 7) is 1.97. The first-order valence-electron chi connectivity index (χ1n) is 4.39. The molecule has 2 unspecified atom stereocenters. The fraction of sp³-hybridized carbons (Fsp3) is 0.667. The van der Waals surface area contributed by atoms with Gasteiger partial charge in [0.2, 0.25) is 0 Å². The minimum atomic E-state index is -0.629. The third kappa shape index (κ3) is 2.29. The second-order valence-electron chi connectivity index (χ2n) is 3.04. The van der Waals surface area contributed by atoms with E-state index in [0.29, 0.717) is 5.69 Å². The molecule has 13 heavy (non-hydrogen) atoms. The van der Waals surface area contributed by atoms with E-state index >= 15 is 0 Å². The zero-order valence-corrected chi connectivity index (χ0v) is 8.27. The molecule has 2 atom stereocenters. The standard InChI is InChI=1S/C9H16N2O2/c1-4-8(13-3)9(12)7-5-6-11(2)10-7/h5-6,8-9,12H,4H2,1-3H3. The fourth-order valence-corrected chi connectivity index (χ4v) is 1.30. The van der Waals surface area contributed by atoms with Crippen LogP contribution in [-0.2, 0) is 11.8 Å². The average Bonchev–Trinajstić information content (AvgIpc) is 2.54. The number of rotatable bonds is 4. The Labute approximate surface area is 78.1 Å². The topological polar surface area (TPSA) is 47.3 Å². The summed E-state index contributed by atoms with van der Waals surface area (Å²) >= 11 is 0. The van der Waals surface area contributed by atoms with E-state index in [2.05, 4.69) is 5.10 Å². The predicted molar refractivity (Wildman–Crippen MR) is 49.3 cm³/mol. The first-order valence-corrected chi connectivity index (χ1v) is 4.39. The van der Waals surface area contributed by atoms with Crippen LogP contribution >= 0.6 is 0 Å². The minimum absolute atomic E-state index is 0.171. The van der Waals surface area contributed by atoms with Crippen LogP contribution < -0.4 is 0 Å². The maximum absolute atomic E-state index is 9.79. The summed E-state index contributed by atoms with van der Waals surface area (Å²) in [6.07, 6.45) is 1.78. The highest BCUT2D eigenvalue weighted by Gasteiger charge is 2.20. The van der Waals surface area contributed by atoms with Crippen molar-refractivity contribution in [2.75, 3.05) is 7.11 Å². The Morgan fingerprint density at radius 1 is 1.69 bits per heavy atom. The quantitative estimate of drug-likeness (QED) is 0.755. The summed E-state index contributed by atoms with van der Waals surface area (Å²) in [5, 5.41) is 13.9. The number of aliphatic hydroxyl groups excluding tert-OH is 1. The van der Waals surface area contributed by atoms with Gasteiger partial charge < -0.3 is 9.84 Å². The van der Waals surface area contributed by atoms with Crippen molar-refractivity contribution in [3.05, 3.63) is 18.0 Å². The highest BCUT2D eigenvalue weighted by atomic mass is 16.5. The van der Waals surface area contributed by atoms with Gasteiger partial charge in [-0.25, -0.2) is 0 Å². The average molecular weight is 184 g/mol. The van der Waals surface area contributed by atoms with E-state index in [9.17, 15) is 5.11 Å². The number of hydrogen-bond donors (Lipinski definition) is 1. The minimum Gasteiger partial charge on any atom is -0.384 e. The molecule has 1 aromatic rings. The summed E-state index contributed by atoms with van der Waals surface area (Å²) in [5.41, 5.74) is 0.663. The molecule has 74 valence electrons. The van der Waals surface area contributed by atoms with Crippen molar-refractivity contribution in [3.8, 4) is 0 Å². The highest BCUT2D eigenvalue weighted by molar-refractivity contribution is 5.04. The van der Waals surface area contributed by atoms with Crippen molar-refractivity contribution in [3.63, 3.8) is 0 Å². The Balaban J connectivity index is 2.71. The second kappa shape index (κ2) is 4.39. The van der Waals surface area contributed by atoms with Gasteiger partial charge in [0.1, 0.15) is 6.10 Å². The lowest BCUT2D eigenvalue weighted by atomic mass is 10.1. The van der Waals surface area contributed by atoms with Crippen LogP contribution in [-0.4, -0.2) is 28.1 Å². The maximum Gasteiger partial charge on any atom is 0.124 e. The Kier molecular flexibility index (Phi) is 3.45. The van der Waals surface area contributed by atoms with Gasteiger partial charge in [0, 0.05) is 20.4 Å². The van der Waals surface area contributed by atoms with Crippen molar-refractivity contribution >= 4 is 0 Å². The van der Waals surface area contributed by atoms with Crippen molar-refractivity contribution in [1.82, 2.24) is 9.78 Å². The molecule has 0 amide bonds. The van der Waals surface area contributed by atoms with Gasteiger partial charge in [-0.15, -0.1) is 0 Å². The Morgan fingerprint density at radius 2 is 2.38 bits per heavy atom. The molecule has 0 aliphatic heterocycles. The van der Waals surface area contributed by atoms with Gasteiger partial charge in [0.05, 0.1) is 11.8 Å². The van der Waals surface area contributed by atoms with Crippen LogP contribution in [0.5, 0.6) is 0 Å². The number of aryl methyl sites for hydroxylation is 1. The fourth-order valence-electron chi connectivity index (χ4n) is 1.30. The zero-order valence-electron chi connectivity index (χ0n) is 8.27. The lowest BCUT2D eigenvalue weighted by Crippen LogP contribution is -2.20. The smallest absolute Gasteiger partial charge is 0.124 e. The van der Waals surface area contributed by atoms with Crippen LogP contribution in [0.2, 0.25) is 0 Å². The second-order valence-corrected chi connectivity index (χ2v) is 3.04. The summed E-state index contributed by atoms with van der Waals surface area (Å²) in [5.74, 6) is 0. The first-order chi connectivity index (χ1) is 6.19. The lowest BCUT2D eigenvalue weighted by Gasteiger charge is -2.17. The Morgan fingerprint density at radius 3 is 2.77 bits per heavy atom. The third-order valence-corrected chi connectivity index (χ3v) is 2.09. The molecular formula is C9H16N2O2. The van der Waals surface area contributed by atoms with Gasteiger partial charge in [0.25, 0.3) is 0 Å². The van der Waals surface area contributed by atoms with E-state index < -0.39 is 6.10 Å². The van der Waals surface area contributed by atoms with Crippen molar-refractivity contribution in [2.24, 2.45) is 7.05 Å². The van der Waals surface area contributed by atoms with E-state index in [1.54, 1.807) is 24.1 Å². The highest BCUT2D eigenvalue weighted by Crippen LogP contribution is 2.18. The van der Waals surface area contributed by atoms with Gasteiger partial charge in [-0.1, -0.05) is 6.92 Å². The number of methoxy groups -OCH3 is 1. The van der Waals surface area contributed by atoms with Gasteiger partial charge in [0.15, 0.2) is 0 Å². The molecule has 0 radical (unpaired) electrons. The molecule has 0 fully saturated rings. The third-order valence-electron chi connectivity index (χ3n) is 2.09. The summed E-state index contributed by atoms with van der Waals surface area (Å²) < 4.78 is 6.79. The van der Waals surface area contributed by atoms with Crippen LogP contribution in [0.3, 0.4) is 0 Å². The number of ether oxygens (including phenoxy) is 1. The van der Waals surface area contributed by atoms with E-state index in [4.69, 9.17) is 4.74 Å². The van der Waals surface area contributed by atoms with Crippen LogP contribution in [0.1, 0.15) is 25.1 Å². The van der Waals surface area contributed by atoms with Gasteiger partial charge in [-0.3, -0.25) is 4.68 Å². The molecule has 1 rings (SSSR count). The number of aromatic nitrogens is 2. The van der Waals surface area contributed by atoms with Crippen LogP contribution in [0.4, 0.5) is 0 Å². The molecule has 0 saturated heterocycles. The molecule has 1 heterocycles. The number of aliphatic hydroxyl groups is 1. The van der Waals surface area contributed by atoms with E-state index in [-0.39, 0.29) is 6.10 Å². The van der Waals surface area contributed by atoms with E-state index in [0.717, 1.165) is 6.42 Å². The van der Waals surface area contributed by atoms with Gasteiger partial charge in [-0.2, -0.15) is 5.10 Å². The van der Waals surface area contributed by atoms with E-state index in [1.807, 2.05) is 14.0 Å². The maximum atomic E-state index is 9.79. The summed E-state index contributed by atoms with van der Waals surface area (Å²) in [6, 6.07) is 1.80. The molecule has 4 heteroatoms. The molecular weight excluding hydrogens is 168 g/mol. The molecule has 0 aliphatic carbocycles. The van der Waals surface area contributed by atoms with Crippen LogP contribution in [0, 0.1) is 0 Å². The van der Waals surface area contributed by atoms with Crippen LogP contribution in [0.15, 0.2) is 12.3 Å². The van der Waals surface area contributed by atoms with E-state index in [1.165, 1.54) is 0 Å². The molecule has 0 spiro atoms. The van der Waals surface area contributed by atoms with Gasteiger partial charge in [-0.05, 0) is 12.5 Å². The van der Waals surface area contributed by atoms with Crippen LogP contribution in [0.25, 0.3) is 0 Å². The number of hydrogen-bond acceptors (Lipinski definition) is 3. The monoisotopic (exact) mass is 184 g/mol. The Hall–Kier alpha value is -0.870. The molecule has 1 N–H and O–H groups in total. The zero-order chi connectivity index (χ0) is 9.84. The van der Waals surface area contributed by atoms with Crippen molar-refractivity contribution < 1.29 is 9.84 Å². The lowest BCUT2D eigenvalue weighted by molar-refractivity contribution is -0.0171. The molecule has 0 bridgehead atoms. The van der Waals surface area contributed by atoms with Gasteiger partial charge >= 0.3 is 0 Å². The molecule has 1 aromatic heterocycles. The molecule has 4 nitrogen and oxygen atoms in total. The Bertz CT molecular complexity index is 256. The summed E-state index contributed by atoms with van der Waals surface area (Å²) in [7, 11) is 3.42. The largest absolute Gasteiger partial charge is 0.384 e. The van der Waals surface area contributed by atoms with Crippen molar-refractivity contribution in [1.29, 1.82) is 0 Å². The molecule has 0 saturated carbocycles. The predicted octanol–water partition coefficient (Wildman–Crippen LogP) is 0.878. The first kappa shape index (κ1) is 10.2. The molecule has 0 aliphatic rings. The summed E-state index contributed by atoms with van der Waals surface area (Å²) in [4.78, 5) is 0.